The van der Waals surface area contributed by atoms with Gasteiger partial charge in [0.05, 0.1) is 5.60 Å². The summed E-state index contributed by atoms with van der Waals surface area (Å²) in [6.45, 7) is 2.18. The normalized spacial score (nSPS) is 22.0. The first-order valence-electron chi connectivity index (χ1n) is 9.71. The van der Waals surface area contributed by atoms with Gasteiger partial charge >= 0.3 is 0 Å². The molecular formula is C22H25FN2O2. The van der Waals surface area contributed by atoms with Crippen LogP contribution in [0, 0.1) is 11.7 Å². The lowest BCUT2D eigenvalue weighted by Crippen LogP contribution is -2.51. The quantitative estimate of drug-likeness (QED) is 0.826. The van der Waals surface area contributed by atoms with Crippen molar-refractivity contribution in [2.45, 2.75) is 37.7 Å². The number of ether oxygens (including phenoxy) is 1. The number of nitrogens with zero attached hydrogens (tertiary/aromatic N) is 2. The van der Waals surface area contributed by atoms with E-state index in [0.717, 1.165) is 44.3 Å². The van der Waals surface area contributed by atoms with Crippen molar-refractivity contribution in [2.24, 2.45) is 5.92 Å². The van der Waals surface area contributed by atoms with Crippen molar-refractivity contribution >= 4 is 5.91 Å². The fourth-order valence-electron chi connectivity index (χ4n) is 4.44. The van der Waals surface area contributed by atoms with Gasteiger partial charge < -0.3 is 9.64 Å². The number of carbonyl (C=O) groups is 1. The first-order chi connectivity index (χ1) is 13.1. The Labute approximate surface area is 159 Å². The molecule has 0 radical (unpaired) electrons. The minimum atomic E-state index is -0.169. The number of rotatable bonds is 3. The topological polar surface area (TPSA) is 42.4 Å². The first kappa shape index (κ1) is 18.1. The van der Waals surface area contributed by atoms with Gasteiger partial charge in [0.1, 0.15) is 5.82 Å². The third-order valence-corrected chi connectivity index (χ3v) is 5.90. The molecule has 142 valence electrons. The van der Waals surface area contributed by atoms with Crippen molar-refractivity contribution in [3.05, 3.63) is 65.7 Å². The van der Waals surface area contributed by atoms with Crippen LogP contribution in [-0.2, 0) is 11.2 Å². The molecule has 2 aliphatic heterocycles. The number of piperidine rings is 1. The van der Waals surface area contributed by atoms with Gasteiger partial charge in [0.25, 0.3) is 5.91 Å². The Morgan fingerprint density at radius 3 is 2.74 bits per heavy atom. The number of halogens is 1. The van der Waals surface area contributed by atoms with Crippen molar-refractivity contribution < 1.29 is 13.9 Å². The molecule has 1 aromatic heterocycles. The summed E-state index contributed by atoms with van der Waals surface area (Å²) in [5.41, 5.74) is 1.61. The third-order valence-electron chi connectivity index (χ3n) is 5.90. The monoisotopic (exact) mass is 368 g/mol. The highest BCUT2D eigenvalue weighted by molar-refractivity contribution is 5.94. The van der Waals surface area contributed by atoms with Gasteiger partial charge in [-0.05, 0) is 67.9 Å². The van der Waals surface area contributed by atoms with Gasteiger partial charge in [-0.15, -0.1) is 0 Å². The van der Waals surface area contributed by atoms with Gasteiger partial charge in [0.2, 0.25) is 0 Å². The van der Waals surface area contributed by atoms with Crippen LogP contribution in [0.15, 0.2) is 48.8 Å². The summed E-state index contributed by atoms with van der Waals surface area (Å²) in [6.07, 6.45) is 7.92. The van der Waals surface area contributed by atoms with Gasteiger partial charge in [0, 0.05) is 37.7 Å². The zero-order valence-corrected chi connectivity index (χ0v) is 15.4. The van der Waals surface area contributed by atoms with E-state index < -0.39 is 0 Å². The molecule has 27 heavy (non-hydrogen) atoms. The average Bonchev–Trinajstić information content (AvgIpc) is 2.69. The lowest BCUT2D eigenvalue weighted by atomic mass is 9.77. The maximum Gasteiger partial charge on any atom is 0.253 e. The smallest absolute Gasteiger partial charge is 0.253 e. The maximum atomic E-state index is 13.5. The van der Waals surface area contributed by atoms with Crippen molar-refractivity contribution in [1.29, 1.82) is 0 Å². The third kappa shape index (κ3) is 4.19. The molecule has 0 N–H and O–H groups in total. The Morgan fingerprint density at radius 1 is 1.22 bits per heavy atom. The van der Waals surface area contributed by atoms with Crippen LogP contribution in [0.3, 0.4) is 0 Å². The molecule has 4 rings (SSSR count). The van der Waals surface area contributed by atoms with Gasteiger partial charge in [-0.2, -0.15) is 0 Å². The van der Waals surface area contributed by atoms with Crippen LogP contribution in [0.2, 0.25) is 0 Å². The molecule has 0 aliphatic carbocycles. The molecule has 2 saturated heterocycles. The van der Waals surface area contributed by atoms with E-state index in [9.17, 15) is 9.18 Å². The van der Waals surface area contributed by atoms with E-state index in [4.69, 9.17) is 4.74 Å². The molecule has 2 fully saturated rings. The maximum absolute atomic E-state index is 13.5. The molecular weight excluding hydrogens is 343 g/mol. The molecule has 4 nitrogen and oxygen atoms in total. The summed E-state index contributed by atoms with van der Waals surface area (Å²) in [5.74, 6) is 0.402. The molecule has 2 aliphatic rings. The molecule has 0 unspecified atom stereocenters. The second-order valence-electron chi connectivity index (χ2n) is 7.75. The van der Waals surface area contributed by atoms with Crippen LogP contribution < -0.4 is 0 Å². The van der Waals surface area contributed by atoms with E-state index in [0.29, 0.717) is 24.6 Å². The molecule has 0 bridgehead atoms. The zero-order valence-electron chi connectivity index (χ0n) is 15.4. The van der Waals surface area contributed by atoms with Gasteiger partial charge in [-0.3, -0.25) is 9.78 Å². The van der Waals surface area contributed by atoms with Crippen molar-refractivity contribution in [1.82, 2.24) is 9.88 Å². The van der Waals surface area contributed by atoms with Crippen LogP contribution in [0.5, 0.6) is 0 Å². The Balaban J connectivity index is 1.36. The summed E-state index contributed by atoms with van der Waals surface area (Å²) >= 11 is 0. The Hall–Kier alpha value is -2.27. The molecule has 5 heteroatoms. The van der Waals surface area contributed by atoms with Crippen LogP contribution in [0.1, 0.15) is 41.6 Å². The summed E-state index contributed by atoms with van der Waals surface area (Å²) in [5, 5.41) is 0. The SMILES string of the molecule is O=C(c1ccncc1)N1CCC2(CC1)C[C@@H](Cc1cccc(F)c1)CCO2. The highest BCUT2D eigenvalue weighted by atomic mass is 19.1. The molecule has 0 saturated carbocycles. The Morgan fingerprint density at radius 2 is 2.00 bits per heavy atom. The number of likely N-dealkylation sites (tertiary alicyclic amines) is 1. The molecule has 2 aromatic rings. The Kier molecular flexibility index (Phi) is 5.21. The zero-order chi connectivity index (χ0) is 18.7. The highest BCUT2D eigenvalue weighted by Crippen LogP contribution is 2.39. The van der Waals surface area contributed by atoms with Crippen LogP contribution in [-0.4, -0.2) is 41.1 Å². The van der Waals surface area contributed by atoms with Gasteiger partial charge in [0.15, 0.2) is 0 Å². The lowest BCUT2D eigenvalue weighted by Gasteiger charge is -2.46. The van der Waals surface area contributed by atoms with Crippen LogP contribution in [0.4, 0.5) is 4.39 Å². The summed E-state index contributed by atoms with van der Waals surface area (Å²) in [4.78, 5) is 18.5. The number of aromatic nitrogens is 1. The average molecular weight is 368 g/mol. The van der Waals surface area contributed by atoms with Crippen LogP contribution >= 0.6 is 0 Å². The minimum Gasteiger partial charge on any atom is -0.375 e. The first-order valence-corrected chi connectivity index (χ1v) is 9.71. The summed E-state index contributed by atoms with van der Waals surface area (Å²) in [6, 6.07) is 10.4. The van der Waals surface area contributed by atoms with E-state index in [1.807, 2.05) is 11.0 Å². The summed E-state index contributed by atoms with van der Waals surface area (Å²) < 4.78 is 19.7. The lowest BCUT2D eigenvalue weighted by molar-refractivity contribution is -0.123. The predicted octanol–water partition coefficient (Wildman–Crippen LogP) is 3.86. The van der Waals surface area contributed by atoms with E-state index in [1.165, 1.54) is 6.07 Å². The van der Waals surface area contributed by atoms with Crippen molar-refractivity contribution in [2.75, 3.05) is 19.7 Å². The van der Waals surface area contributed by atoms with Crippen LogP contribution in [0.25, 0.3) is 0 Å². The van der Waals surface area contributed by atoms with E-state index >= 15 is 0 Å². The second-order valence-corrected chi connectivity index (χ2v) is 7.75. The molecule has 1 aromatic carbocycles. The van der Waals surface area contributed by atoms with E-state index in [1.54, 1.807) is 36.7 Å². The number of amides is 1. The number of hydrogen-bond acceptors (Lipinski definition) is 3. The number of pyridine rings is 1. The highest BCUT2D eigenvalue weighted by Gasteiger charge is 2.41. The number of carbonyl (C=O) groups excluding carboxylic acids is 1. The summed E-state index contributed by atoms with van der Waals surface area (Å²) in [7, 11) is 0. The van der Waals surface area contributed by atoms with E-state index in [2.05, 4.69) is 4.98 Å². The predicted molar refractivity (Wildman–Crippen MR) is 101 cm³/mol. The standard InChI is InChI=1S/C22H25FN2O2/c23-20-3-1-2-17(15-20)14-18-6-13-27-22(16-18)7-11-25(12-8-22)21(26)19-4-9-24-10-5-19/h1-5,9-10,15,18H,6-8,11-14,16H2/t18-/m1/s1. The van der Waals surface area contributed by atoms with Gasteiger partial charge in [-0.1, -0.05) is 12.1 Å². The number of hydrogen-bond donors (Lipinski definition) is 0. The number of benzene rings is 1. The molecule has 1 atom stereocenters. The minimum absolute atomic E-state index is 0.0689. The van der Waals surface area contributed by atoms with Crippen molar-refractivity contribution in [3.63, 3.8) is 0 Å². The Bertz CT molecular complexity index is 788. The second kappa shape index (κ2) is 7.77. The van der Waals surface area contributed by atoms with Crippen molar-refractivity contribution in [3.8, 4) is 0 Å². The molecule has 3 heterocycles. The molecule has 1 amide bonds. The fourth-order valence-corrected chi connectivity index (χ4v) is 4.44. The fraction of sp³-hybridized carbons (Fsp3) is 0.455. The van der Waals surface area contributed by atoms with Gasteiger partial charge in [-0.25, -0.2) is 4.39 Å². The van der Waals surface area contributed by atoms with E-state index in [-0.39, 0.29) is 17.3 Å². The largest absolute Gasteiger partial charge is 0.375 e. The molecule has 1 spiro atoms.